The van der Waals surface area contributed by atoms with E-state index >= 15 is 0 Å². The molecule has 0 radical (unpaired) electrons. The minimum atomic E-state index is -1.54. The van der Waals surface area contributed by atoms with Crippen LogP contribution in [0.25, 0.3) is 0 Å². The van der Waals surface area contributed by atoms with Gasteiger partial charge < -0.3 is 20.7 Å². The zero-order chi connectivity index (χ0) is 16.1. The number of thioether (sulfide) groups is 1. The van der Waals surface area contributed by atoms with Crippen LogP contribution in [-0.4, -0.2) is 29.4 Å². The average molecular weight is 319 g/mol. The molecule has 0 heterocycles. The normalized spacial score (nSPS) is 13.4. The summed E-state index contributed by atoms with van der Waals surface area (Å²) in [5.41, 5.74) is 7.13. The highest BCUT2D eigenvalue weighted by Crippen LogP contribution is 2.40. The quantitative estimate of drug-likeness (QED) is 0.560. The fourth-order valence-electron chi connectivity index (χ4n) is 1.96. The predicted octanol–water partition coefficient (Wildman–Crippen LogP) is 2.56. The number of aliphatic hydroxyl groups excluding tert-OH is 1. The Morgan fingerprint density at radius 1 is 1.18 bits per heavy atom. The lowest BCUT2D eigenvalue weighted by Gasteiger charge is -2.21. The molecule has 0 saturated heterocycles. The van der Waals surface area contributed by atoms with Gasteiger partial charge in [0.1, 0.15) is 5.75 Å². The number of nitrogen functional groups attached to an aromatic ring is 1. The third-order valence-corrected chi connectivity index (χ3v) is 4.57. The smallest absolute Gasteiger partial charge is 0.334 e. The zero-order valence-electron chi connectivity index (χ0n) is 12.0. The third-order valence-electron chi connectivity index (χ3n) is 3.16. The number of aliphatic carboxylic acids is 1. The molecular formula is C16H17NO4S. The van der Waals surface area contributed by atoms with Crippen LogP contribution >= 0.6 is 11.8 Å². The number of hydrogen-bond donors (Lipinski definition) is 3. The molecule has 0 aliphatic carbocycles. The summed E-state index contributed by atoms with van der Waals surface area (Å²) in [6.07, 6.45) is -1.54. The molecule has 2 rings (SSSR count). The van der Waals surface area contributed by atoms with E-state index in [0.717, 1.165) is 4.90 Å². The molecule has 2 aromatic rings. The molecule has 22 heavy (non-hydrogen) atoms. The number of hydrogen-bond acceptors (Lipinski definition) is 5. The van der Waals surface area contributed by atoms with E-state index in [4.69, 9.17) is 15.6 Å². The van der Waals surface area contributed by atoms with Crippen molar-refractivity contribution in [2.75, 3.05) is 12.8 Å². The van der Waals surface area contributed by atoms with Crippen molar-refractivity contribution in [2.24, 2.45) is 0 Å². The molecule has 0 aliphatic rings. The number of carbonyl (C=O) groups is 1. The summed E-state index contributed by atoms with van der Waals surface area (Å²) in [6, 6.07) is 14.1. The molecule has 0 fully saturated rings. The van der Waals surface area contributed by atoms with Gasteiger partial charge in [0.05, 0.1) is 12.4 Å². The number of nitrogens with two attached hydrogens (primary N) is 1. The molecule has 0 unspecified atom stereocenters. The fraction of sp³-hybridized carbons (Fsp3) is 0.188. The van der Waals surface area contributed by atoms with Gasteiger partial charge in [0.25, 0.3) is 0 Å². The summed E-state index contributed by atoms with van der Waals surface area (Å²) in [5.74, 6) is -0.612. The summed E-state index contributed by atoms with van der Waals surface area (Å²) in [7, 11) is 1.55. The van der Waals surface area contributed by atoms with Crippen LogP contribution < -0.4 is 10.5 Å². The molecular weight excluding hydrogens is 302 g/mol. The van der Waals surface area contributed by atoms with Gasteiger partial charge in [0.2, 0.25) is 0 Å². The van der Waals surface area contributed by atoms with E-state index in [-0.39, 0.29) is 0 Å². The van der Waals surface area contributed by atoms with E-state index in [0.29, 0.717) is 17.0 Å². The van der Waals surface area contributed by atoms with E-state index in [1.165, 1.54) is 11.8 Å². The van der Waals surface area contributed by atoms with Crippen LogP contribution in [0.2, 0.25) is 0 Å². The van der Waals surface area contributed by atoms with Crippen molar-refractivity contribution in [3.63, 3.8) is 0 Å². The van der Waals surface area contributed by atoms with Crippen LogP contribution in [0.3, 0.4) is 0 Å². The lowest BCUT2D eigenvalue weighted by atomic mass is 10.1. The number of carboxylic acids is 1. The Labute approximate surface area is 132 Å². The molecule has 2 aromatic carbocycles. The van der Waals surface area contributed by atoms with Crippen LogP contribution in [0.5, 0.6) is 5.75 Å². The average Bonchev–Trinajstić information content (AvgIpc) is 2.53. The number of para-hydroxylation sites is 1. The molecule has 0 amide bonds. The van der Waals surface area contributed by atoms with Crippen molar-refractivity contribution >= 4 is 23.4 Å². The lowest BCUT2D eigenvalue weighted by Crippen LogP contribution is -2.26. The van der Waals surface area contributed by atoms with Crippen LogP contribution in [-0.2, 0) is 4.79 Å². The molecule has 6 heteroatoms. The van der Waals surface area contributed by atoms with E-state index < -0.39 is 17.3 Å². The van der Waals surface area contributed by atoms with Crippen molar-refractivity contribution < 1.29 is 19.7 Å². The van der Waals surface area contributed by atoms with Gasteiger partial charge in [-0.05, 0) is 29.8 Å². The van der Waals surface area contributed by atoms with Crippen LogP contribution in [0.4, 0.5) is 5.69 Å². The van der Waals surface area contributed by atoms with Crippen LogP contribution in [0.15, 0.2) is 53.4 Å². The van der Waals surface area contributed by atoms with Gasteiger partial charge in [0, 0.05) is 10.6 Å². The van der Waals surface area contributed by atoms with Gasteiger partial charge in [-0.15, -0.1) is 11.8 Å². The van der Waals surface area contributed by atoms with Gasteiger partial charge in [-0.3, -0.25) is 0 Å². The summed E-state index contributed by atoms with van der Waals surface area (Å²) in [6.45, 7) is 0. The highest BCUT2D eigenvalue weighted by Gasteiger charge is 2.28. The first-order chi connectivity index (χ1) is 10.5. The largest absolute Gasteiger partial charge is 0.497 e. The van der Waals surface area contributed by atoms with Crippen molar-refractivity contribution in [1.29, 1.82) is 0 Å². The Hall–Kier alpha value is -2.18. The highest BCUT2D eigenvalue weighted by atomic mass is 32.2. The van der Waals surface area contributed by atoms with Crippen molar-refractivity contribution in [2.45, 2.75) is 16.2 Å². The Morgan fingerprint density at radius 3 is 2.36 bits per heavy atom. The topological polar surface area (TPSA) is 92.8 Å². The van der Waals surface area contributed by atoms with E-state index in [9.17, 15) is 9.90 Å². The second-order valence-corrected chi connectivity index (χ2v) is 5.82. The van der Waals surface area contributed by atoms with E-state index in [1.807, 2.05) is 6.07 Å². The Bertz CT molecular complexity index is 645. The SMILES string of the molecule is COc1ccc([C@H](Sc2ccccc2N)[C@@H](O)C(=O)O)cc1. The summed E-state index contributed by atoms with van der Waals surface area (Å²) < 4.78 is 5.09. The molecule has 5 nitrogen and oxygen atoms in total. The van der Waals surface area contributed by atoms with Gasteiger partial charge in [-0.1, -0.05) is 24.3 Å². The fourth-order valence-corrected chi connectivity index (χ4v) is 3.14. The first kappa shape index (κ1) is 16.2. The summed E-state index contributed by atoms with van der Waals surface area (Å²) in [5, 5.41) is 18.5. The monoisotopic (exact) mass is 319 g/mol. The molecule has 0 aliphatic heterocycles. The number of carboxylic acid groups (broad SMARTS) is 1. The van der Waals surface area contributed by atoms with Gasteiger partial charge >= 0.3 is 5.97 Å². The Morgan fingerprint density at radius 2 is 1.82 bits per heavy atom. The summed E-state index contributed by atoms with van der Waals surface area (Å²) in [4.78, 5) is 11.9. The molecule has 4 N–H and O–H groups in total. The molecule has 0 aromatic heterocycles. The van der Waals surface area contributed by atoms with Gasteiger partial charge in [-0.2, -0.15) is 0 Å². The number of benzene rings is 2. The minimum Gasteiger partial charge on any atom is -0.497 e. The predicted molar refractivity (Wildman–Crippen MR) is 86.1 cm³/mol. The maximum absolute atomic E-state index is 11.2. The first-order valence-electron chi connectivity index (χ1n) is 6.59. The van der Waals surface area contributed by atoms with Gasteiger partial charge in [0.15, 0.2) is 6.10 Å². The number of methoxy groups -OCH3 is 1. The van der Waals surface area contributed by atoms with Crippen molar-refractivity contribution in [3.8, 4) is 5.75 Å². The molecule has 0 spiro atoms. The first-order valence-corrected chi connectivity index (χ1v) is 7.47. The standard InChI is InChI=1S/C16H17NO4S/c1-21-11-8-6-10(7-9-11)15(14(18)16(19)20)22-13-5-3-2-4-12(13)17/h2-9,14-15,18H,17H2,1H3,(H,19,20)/t14-,15+/m1/s1. The molecule has 2 atom stereocenters. The number of aliphatic hydroxyl groups is 1. The van der Waals surface area contributed by atoms with E-state index in [2.05, 4.69) is 0 Å². The number of anilines is 1. The molecule has 0 bridgehead atoms. The van der Waals surface area contributed by atoms with Crippen molar-refractivity contribution in [3.05, 3.63) is 54.1 Å². The maximum Gasteiger partial charge on any atom is 0.334 e. The zero-order valence-corrected chi connectivity index (χ0v) is 12.8. The van der Waals surface area contributed by atoms with Crippen molar-refractivity contribution in [1.82, 2.24) is 0 Å². The second kappa shape index (κ2) is 7.20. The van der Waals surface area contributed by atoms with Crippen LogP contribution in [0, 0.1) is 0 Å². The third kappa shape index (κ3) is 3.72. The second-order valence-electron chi connectivity index (χ2n) is 4.63. The lowest BCUT2D eigenvalue weighted by molar-refractivity contribution is -0.146. The number of rotatable bonds is 6. The number of ether oxygens (including phenoxy) is 1. The van der Waals surface area contributed by atoms with E-state index in [1.54, 1.807) is 49.6 Å². The highest BCUT2D eigenvalue weighted by molar-refractivity contribution is 7.99. The molecule has 116 valence electrons. The maximum atomic E-state index is 11.2. The van der Waals surface area contributed by atoms with Crippen LogP contribution in [0.1, 0.15) is 10.8 Å². The summed E-state index contributed by atoms with van der Waals surface area (Å²) >= 11 is 1.22. The minimum absolute atomic E-state index is 0.545. The molecule has 0 saturated carbocycles. The van der Waals surface area contributed by atoms with Gasteiger partial charge in [-0.25, -0.2) is 4.79 Å². The Balaban J connectivity index is 2.33. The Kier molecular flexibility index (Phi) is 5.30.